The molecular weight excluding hydrogens is 382 g/mol. The summed E-state index contributed by atoms with van der Waals surface area (Å²) >= 11 is 0. The third kappa shape index (κ3) is 8.31. The van der Waals surface area contributed by atoms with Gasteiger partial charge in [0.05, 0.1) is 24.0 Å². The van der Waals surface area contributed by atoms with Gasteiger partial charge in [-0.05, 0) is 58.6 Å². The van der Waals surface area contributed by atoms with Gasteiger partial charge in [-0.1, -0.05) is 11.8 Å². The minimum atomic E-state index is -0.533. The summed E-state index contributed by atoms with van der Waals surface area (Å²) in [5, 5.41) is 5.87. The summed E-state index contributed by atoms with van der Waals surface area (Å²) in [6.07, 6.45) is 6.65. The fourth-order valence-electron chi connectivity index (χ4n) is 2.94. The van der Waals surface area contributed by atoms with E-state index in [0.717, 1.165) is 42.8 Å². The lowest BCUT2D eigenvalue weighted by atomic mass is 10.1. The Hall–Kier alpha value is -2.76. The highest BCUT2D eigenvalue weighted by molar-refractivity contribution is 5.68. The quantitative estimate of drug-likeness (QED) is 0.320. The summed E-state index contributed by atoms with van der Waals surface area (Å²) in [6.45, 7) is 9.14. The molecule has 0 aliphatic carbocycles. The lowest BCUT2D eigenvalue weighted by molar-refractivity contribution is 0.0188. The molecule has 1 unspecified atom stereocenters. The number of nitrogens with one attached hydrogen (secondary N) is 3. The van der Waals surface area contributed by atoms with Gasteiger partial charge >= 0.3 is 6.09 Å². The lowest BCUT2D eigenvalue weighted by Gasteiger charge is -2.22. The third-order valence-electron chi connectivity index (χ3n) is 4.31. The van der Waals surface area contributed by atoms with Gasteiger partial charge in [-0.25, -0.2) is 4.79 Å². The maximum atomic E-state index is 11.6. The van der Waals surface area contributed by atoms with Crippen LogP contribution in [-0.4, -0.2) is 42.5 Å². The highest BCUT2D eigenvalue weighted by atomic mass is 16.6. The molecule has 0 spiro atoms. The van der Waals surface area contributed by atoms with Gasteiger partial charge in [0.25, 0.3) is 0 Å². The Balaban J connectivity index is 0.00000480. The number of hydrogen-bond acceptors (Lipinski definition) is 7. The summed E-state index contributed by atoms with van der Waals surface area (Å²) < 4.78 is 10.9. The predicted molar refractivity (Wildman–Crippen MR) is 119 cm³/mol. The monoisotopic (exact) mass is 417 g/mol. The van der Waals surface area contributed by atoms with Crippen molar-refractivity contribution in [1.82, 2.24) is 21.0 Å². The Bertz CT molecular complexity index is 806. The maximum absolute atomic E-state index is 11.6. The van der Waals surface area contributed by atoms with Crippen LogP contribution in [0.5, 0.6) is 0 Å². The average Bonchev–Trinajstić information content (AvgIpc) is 2.69. The van der Waals surface area contributed by atoms with Crippen LogP contribution in [0.15, 0.2) is 18.5 Å². The van der Waals surface area contributed by atoms with E-state index < -0.39 is 11.7 Å². The van der Waals surface area contributed by atoms with Crippen LogP contribution in [0.2, 0.25) is 0 Å². The molecule has 0 radical (unpaired) electrons. The molecule has 5 N–H and O–H groups in total. The van der Waals surface area contributed by atoms with Crippen molar-refractivity contribution in [2.45, 2.75) is 58.7 Å². The van der Waals surface area contributed by atoms with Gasteiger partial charge in [-0.15, -0.1) is 0 Å². The van der Waals surface area contributed by atoms with Crippen LogP contribution in [0, 0.1) is 18.8 Å². The molecular formula is C22H35N5O3. The molecule has 0 bridgehead atoms. The van der Waals surface area contributed by atoms with Crippen LogP contribution in [0.4, 0.5) is 4.79 Å². The van der Waals surface area contributed by atoms with E-state index in [1.807, 2.05) is 40.0 Å². The van der Waals surface area contributed by atoms with Crippen molar-refractivity contribution in [2.75, 3.05) is 19.7 Å². The molecule has 2 heterocycles. The zero-order chi connectivity index (χ0) is 22.0. The molecule has 1 amide bonds. The molecule has 0 aromatic carbocycles. The summed E-state index contributed by atoms with van der Waals surface area (Å²) in [5.41, 5.74) is 5.28. The van der Waals surface area contributed by atoms with Crippen molar-refractivity contribution in [3.8, 4) is 11.8 Å². The number of aromatic nitrogens is 1. The molecule has 8 nitrogen and oxygen atoms in total. The predicted octanol–water partition coefficient (Wildman–Crippen LogP) is 2.43. The maximum Gasteiger partial charge on any atom is 0.408 e. The smallest absolute Gasteiger partial charge is 0.408 e. The van der Waals surface area contributed by atoms with E-state index in [-0.39, 0.29) is 14.1 Å². The minimum Gasteiger partial charge on any atom is -0.444 e. The van der Waals surface area contributed by atoms with Crippen molar-refractivity contribution in [2.24, 2.45) is 5.84 Å². The van der Waals surface area contributed by atoms with Gasteiger partial charge in [0.15, 0.2) is 0 Å². The topological polar surface area (TPSA) is 111 Å². The molecule has 1 aliphatic rings. The molecule has 8 heteroatoms. The normalized spacial score (nSPS) is 16.8. The SMILES string of the molecule is Cc1cc(C#CCNC(=O)OC(C)(C)C)cnc1/C(=C/NCC1CCCCO1)NN.[HH]. The molecule has 0 saturated carbocycles. The van der Waals surface area contributed by atoms with Crippen LogP contribution in [0.25, 0.3) is 5.70 Å². The number of hydrazine groups is 1. The van der Waals surface area contributed by atoms with E-state index in [1.54, 1.807) is 6.20 Å². The van der Waals surface area contributed by atoms with Crippen LogP contribution < -0.4 is 21.9 Å². The molecule has 166 valence electrons. The second-order valence-corrected chi connectivity index (χ2v) is 8.15. The van der Waals surface area contributed by atoms with Gasteiger partial charge in [-0.3, -0.25) is 10.8 Å². The first-order valence-corrected chi connectivity index (χ1v) is 10.2. The van der Waals surface area contributed by atoms with Crippen molar-refractivity contribution in [3.05, 3.63) is 35.3 Å². The van der Waals surface area contributed by atoms with Gasteiger partial charge in [0.2, 0.25) is 0 Å². The fraction of sp³-hybridized carbons (Fsp3) is 0.545. The standard InChI is InChI=1S/C22H33N5O3.H2/c1-16-12-17(8-7-10-25-21(28)30-22(2,3)4)13-26-20(16)19(27-23)15-24-14-18-9-5-6-11-29-18;/h12-13,15,18,24,27H,5-6,9-11,14,23H2,1-4H3,(H,25,28);1H/b19-15-;. The van der Waals surface area contributed by atoms with E-state index in [0.29, 0.717) is 5.70 Å². The van der Waals surface area contributed by atoms with Crippen molar-refractivity contribution in [3.63, 3.8) is 0 Å². The number of carbonyl (C=O) groups excluding carboxylic acids is 1. The number of rotatable bonds is 6. The number of nitrogens with two attached hydrogens (primary N) is 1. The number of alkyl carbamates (subject to hydrolysis) is 1. The summed E-state index contributed by atoms with van der Waals surface area (Å²) in [5.74, 6) is 11.6. The first-order chi connectivity index (χ1) is 14.3. The second-order valence-electron chi connectivity index (χ2n) is 8.15. The van der Waals surface area contributed by atoms with Crippen LogP contribution in [0.1, 0.15) is 58.3 Å². The van der Waals surface area contributed by atoms with E-state index in [4.69, 9.17) is 15.3 Å². The van der Waals surface area contributed by atoms with Crippen molar-refractivity contribution in [1.29, 1.82) is 0 Å². The Kier molecular flexibility index (Phi) is 8.96. The van der Waals surface area contributed by atoms with Gasteiger partial charge < -0.3 is 25.5 Å². The zero-order valence-electron chi connectivity index (χ0n) is 18.3. The number of pyridine rings is 1. The highest BCUT2D eigenvalue weighted by Crippen LogP contribution is 2.15. The first kappa shape index (κ1) is 23.5. The Labute approximate surface area is 180 Å². The molecule has 1 fully saturated rings. The summed E-state index contributed by atoms with van der Waals surface area (Å²) in [7, 11) is 0. The number of amides is 1. The van der Waals surface area contributed by atoms with Crippen LogP contribution >= 0.6 is 0 Å². The summed E-state index contributed by atoms with van der Waals surface area (Å²) in [4.78, 5) is 16.1. The Morgan fingerprint density at radius 3 is 2.90 bits per heavy atom. The number of carbonyl (C=O) groups is 1. The molecule has 1 aromatic heterocycles. The van der Waals surface area contributed by atoms with Crippen LogP contribution in [-0.2, 0) is 9.47 Å². The van der Waals surface area contributed by atoms with Crippen molar-refractivity contribution < 1.29 is 15.7 Å². The number of hydrogen-bond donors (Lipinski definition) is 4. The second kappa shape index (κ2) is 11.4. The Morgan fingerprint density at radius 2 is 2.27 bits per heavy atom. The van der Waals surface area contributed by atoms with Gasteiger partial charge in [0.1, 0.15) is 5.60 Å². The molecule has 1 aliphatic heterocycles. The highest BCUT2D eigenvalue weighted by Gasteiger charge is 2.15. The largest absolute Gasteiger partial charge is 0.444 e. The van der Waals surface area contributed by atoms with Crippen molar-refractivity contribution >= 4 is 11.8 Å². The zero-order valence-corrected chi connectivity index (χ0v) is 18.3. The molecule has 2 rings (SSSR count). The van der Waals surface area contributed by atoms with E-state index >= 15 is 0 Å². The number of nitrogens with zero attached hydrogens (tertiary/aromatic N) is 1. The number of ether oxygens (including phenoxy) is 2. The number of aryl methyl sites for hydroxylation is 1. The van der Waals surface area contributed by atoms with E-state index in [2.05, 4.69) is 32.9 Å². The van der Waals surface area contributed by atoms with Gasteiger partial charge in [-0.2, -0.15) is 0 Å². The third-order valence-corrected chi connectivity index (χ3v) is 4.31. The fourth-order valence-corrected chi connectivity index (χ4v) is 2.94. The van der Waals surface area contributed by atoms with E-state index in [1.165, 1.54) is 6.42 Å². The minimum absolute atomic E-state index is 0. The molecule has 30 heavy (non-hydrogen) atoms. The first-order valence-electron chi connectivity index (χ1n) is 10.2. The van der Waals surface area contributed by atoms with Gasteiger partial charge in [0, 0.05) is 32.5 Å². The van der Waals surface area contributed by atoms with Crippen LogP contribution in [0.3, 0.4) is 0 Å². The molecule has 1 atom stereocenters. The Morgan fingerprint density at radius 1 is 1.47 bits per heavy atom. The molecule has 1 saturated heterocycles. The summed E-state index contributed by atoms with van der Waals surface area (Å²) in [6, 6.07) is 1.93. The lowest BCUT2D eigenvalue weighted by Crippen LogP contribution is -2.32. The van der Waals surface area contributed by atoms with E-state index in [9.17, 15) is 4.79 Å². The molecule has 1 aromatic rings. The average molecular weight is 418 g/mol.